The van der Waals surface area contributed by atoms with Crippen LogP contribution in [0.4, 0.5) is 0 Å². The molecule has 10 heteroatoms. The molecular weight excluding hydrogens is 412 g/mol. The summed E-state index contributed by atoms with van der Waals surface area (Å²) in [6, 6.07) is 0. The van der Waals surface area contributed by atoms with Crippen molar-refractivity contribution in [3.8, 4) is 0 Å². The molecular formula is C22H14N6O4. The van der Waals surface area contributed by atoms with Gasteiger partial charge < -0.3 is 0 Å². The van der Waals surface area contributed by atoms with Crippen molar-refractivity contribution in [2.24, 2.45) is 9.98 Å². The van der Waals surface area contributed by atoms with Crippen LogP contribution < -0.4 is 0 Å². The summed E-state index contributed by atoms with van der Waals surface area (Å²) < 4.78 is 0. The van der Waals surface area contributed by atoms with E-state index in [1.807, 2.05) is 0 Å². The molecule has 6 rings (SSSR count). The van der Waals surface area contributed by atoms with Crippen LogP contribution in [0.25, 0.3) is 0 Å². The number of Topliss-reactive ketones (excluding diaryl/α,β-unsaturated/α-hetero) is 2. The normalized spacial score (nSPS) is 18.5. The number of fused-ring (bicyclic) bond motifs is 3. The Labute approximate surface area is 181 Å². The van der Waals surface area contributed by atoms with Crippen LogP contribution in [-0.4, -0.2) is 55.5 Å². The van der Waals surface area contributed by atoms with E-state index in [1.54, 1.807) is 12.4 Å². The van der Waals surface area contributed by atoms with Gasteiger partial charge in [0.1, 0.15) is 34.2 Å². The minimum atomic E-state index is -0.497. The SMILES string of the molecule is O=C1C(=O)C2=C(CCC=N2)C2=C1N=CCC2.O=C1c2nccnc2C(=O)c2nccnc21. The minimum Gasteiger partial charge on any atom is -0.285 e. The maximum atomic E-state index is 11.9. The van der Waals surface area contributed by atoms with Gasteiger partial charge in [-0.2, -0.15) is 0 Å². The first-order chi connectivity index (χ1) is 15.6. The Kier molecular flexibility index (Phi) is 4.74. The summed E-state index contributed by atoms with van der Waals surface area (Å²) >= 11 is 0. The molecule has 0 spiro atoms. The van der Waals surface area contributed by atoms with Crippen molar-refractivity contribution in [3.05, 3.63) is 70.1 Å². The molecule has 4 heterocycles. The number of allylic oxidation sites excluding steroid dienone is 4. The van der Waals surface area contributed by atoms with Crippen molar-refractivity contribution in [2.45, 2.75) is 25.7 Å². The average Bonchev–Trinajstić information content (AvgIpc) is 2.86. The highest BCUT2D eigenvalue weighted by atomic mass is 16.2. The van der Waals surface area contributed by atoms with Crippen molar-refractivity contribution in [2.75, 3.05) is 0 Å². The van der Waals surface area contributed by atoms with Gasteiger partial charge in [-0.1, -0.05) is 0 Å². The number of ketones is 4. The van der Waals surface area contributed by atoms with Gasteiger partial charge in [0.05, 0.1) is 0 Å². The number of rotatable bonds is 0. The highest BCUT2D eigenvalue weighted by Gasteiger charge is 2.36. The second-order valence-corrected chi connectivity index (χ2v) is 7.18. The third-order valence-electron chi connectivity index (χ3n) is 5.32. The predicted molar refractivity (Wildman–Crippen MR) is 110 cm³/mol. The third-order valence-corrected chi connectivity index (χ3v) is 5.32. The lowest BCUT2D eigenvalue weighted by atomic mass is 9.84. The van der Waals surface area contributed by atoms with Crippen molar-refractivity contribution in [3.63, 3.8) is 0 Å². The van der Waals surface area contributed by atoms with Crippen LogP contribution in [0.1, 0.15) is 58.0 Å². The molecule has 0 saturated carbocycles. The quantitative estimate of drug-likeness (QED) is 0.388. The molecule has 0 radical (unpaired) electrons. The summed E-state index contributed by atoms with van der Waals surface area (Å²) in [6.07, 6.45) is 12.1. The lowest BCUT2D eigenvalue weighted by Gasteiger charge is -2.24. The molecule has 0 saturated heterocycles. The number of hydrogen-bond acceptors (Lipinski definition) is 10. The Morgan fingerprint density at radius 1 is 0.500 bits per heavy atom. The first kappa shape index (κ1) is 19.6. The molecule has 0 bridgehead atoms. The number of carbonyl (C=O) groups is 4. The monoisotopic (exact) mass is 426 g/mol. The Morgan fingerprint density at radius 2 is 0.844 bits per heavy atom. The third kappa shape index (κ3) is 3.04. The lowest BCUT2D eigenvalue weighted by Crippen LogP contribution is -2.27. The molecule has 10 nitrogen and oxygen atoms in total. The smallest absolute Gasteiger partial charge is 0.253 e. The van der Waals surface area contributed by atoms with E-state index >= 15 is 0 Å². The molecule has 2 aliphatic heterocycles. The van der Waals surface area contributed by atoms with Gasteiger partial charge in [-0.25, -0.2) is 19.9 Å². The molecule has 0 amide bonds. The van der Waals surface area contributed by atoms with Crippen LogP contribution in [0.2, 0.25) is 0 Å². The van der Waals surface area contributed by atoms with E-state index in [4.69, 9.17) is 0 Å². The van der Waals surface area contributed by atoms with Crippen LogP contribution in [-0.2, 0) is 9.59 Å². The van der Waals surface area contributed by atoms with Crippen molar-refractivity contribution in [1.82, 2.24) is 19.9 Å². The predicted octanol–water partition coefficient (Wildman–Crippen LogP) is 1.42. The fraction of sp³-hybridized carbons (Fsp3) is 0.182. The Morgan fingerprint density at radius 3 is 1.19 bits per heavy atom. The van der Waals surface area contributed by atoms with Gasteiger partial charge in [-0.05, 0) is 36.8 Å². The fourth-order valence-corrected chi connectivity index (χ4v) is 3.88. The van der Waals surface area contributed by atoms with Gasteiger partial charge >= 0.3 is 0 Å². The van der Waals surface area contributed by atoms with Gasteiger partial charge in [-0.15, -0.1) is 0 Å². The zero-order valence-electron chi connectivity index (χ0n) is 16.6. The van der Waals surface area contributed by atoms with E-state index in [0.29, 0.717) is 11.4 Å². The number of aromatic nitrogens is 4. The van der Waals surface area contributed by atoms with Crippen molar-refractivity contribution >= 4 is 35.6 Å². The number of aliphatic imine (C=N–C) groups is 2. The summed E-state index contributed by atoms with van der Waals surface area (Å²) in [5, 5.41) is 0. The van der Waals surface area contributed by atoms with E-state index < -0.39 is 23.1 Å². The standard InChI is InChI=1S/C12H10N2O2.C10H4N4O2/c15-11-9-7(3-1-5-13-9)8-4-2-6-14-10(8)12(11)16;15-9-5-6(12-2-1-11-5)10(16)8-7(9)13-3-4-14-8/h5-6H,1-4H2;1-4H. The minimum absolute atomic E-state index is 0.0421. The van der Waals surface area contributed by atoms with Crippen LogP contribution >= 0.6 is 0 Å². The highest BCUT2D eigenvalue weighted by molar-refractivity contribution is 6.50. The summed E-state index contributed by atoms with van der Waals surface area (Å²) in [7, 11) is 0. The number of carbonyl (C=O) groups excluding carboxylic acids is 4. The molecule has 4 aliphatic rings. The summed E-state index contributed by atoms with van der Waals surface area (Å²) in [4.78, 5) is 70.9. The van der Waals surface area contributed by atoms with E-state index in [0.717, 1.165) is 36.8 Å². The van der Waals surface area contributed by atoms with Gasteiger partial charge in [0.25, 0.3) is 11.6 Å². The molecule has 0 atom stereocenters. The maximum absolute atomic E-state index is 11.9. The van der Waals surface area contributed by atoms with Crippen LogP contribution in [0, 0.1) is 0 Å². The Bertz CT molecular complexity index is 1200. The number of hydrogen-bond donors (Lipinski definition) is 0. The summed E-state index contributed by atoms with van der Waals surface area (Å²) in [5.74, 6) is -1.82. The number of nitrogens with zero attached hydrogens (tertiary/aromatic N) is 6. The first-order valence-corrected chi connectivity index (χ1v) is 9.90. The molecule has 0 unspecified atom stereocenters. The van der Waals surface area contributed by atoms with E-state index in [2.05, 4.69) is 29.9 Å². The fourth-order valence-electron chi connectivity index (χ4n) is 3.88. The largest absolute Gasteiger partial charge is 0.285 e. The van der Waals surface area contributed by atoms with Crippen LogP contribution in [0.3, 0.4) is 0 Å². The van der Waals surface area contributed by atoms with E-state index in [1.165, 1.54) is 24.8 Å². The zero-order valence-corrected chi connectivity index (χ0v) is 16.6. The molecule has 2 aliphatic carbocycles. The topological polar surface area (TPSA) is 145 Å². The molecule has 0 aromatic carbocycles. The van der Waals surface area contributed by atoms with Gasteiger partial charge in [0.15, 0.2) is 0 Å². The Hall–Kier alpha value is -4.34. The summed E-state index contributed by atoms with van der Waals surface area (Å²) in [5.41, 5.74) is 2.76. The summed E-state index contributed by atoms with van der Waals surface area (Å²) in [6.45, 7) is 0. The molecule has 2 aromatic heterocycles. The van der Waals surface area contributed by atoms with Crippen molar-refractivity contribution < 1.29 is 19.2 Å². The maximum Gasteiger partial charge on any atom is 0.253 e. The molecule has 2 aromatic rings. The second-order valence-electron chi connectivity index (χ2n) is 7.18. The van der Waals surface area contributed by atoms with Gasteiger partial charge in [0.2, 0.25) is 11.6 Å². The zero-order chi connectivity index (χ0) is 22.2. The van der Waals surface area contributed by atoms with E-state index in [9.17, 15) is 19.2 Å². The lowest BCUT2D eigenvalue weighted by molar-refractivity contribution is -0.132. The van der Waals surface area contributed by atoms with Gasteiger partial charge in [0, 0.05) is 37.2 Å². The molecule has 32 heavy (non-hydrogen) atoms. The van der Waals surface area contributed by atoms with E-state index in [-0.39, 0.29) is 22.8 Å². The first-order valence-electron chi connectivity index (χ1n) is 9.90. The Balaban J connectivity index is 0.000000135. The highest BCUT2D eigenvalue weighted by Crippen LogP contribution is 2.36. The van der Waals surface area contributed by atoms with Crippen LogP contribution in [0.15, 0.2) is 57.3 Å². The van der Waals surface area contributed by atoms with Crippen LogP contribution in [0.5, 0.6) is 0 Å². The second kappa shape index (κ2) is 7.73. The van der Waals surface area contributed by atoms with Gasteiger partial charge in [-0.3, -0.25) is 29.2 Å². The van der Waals surface area contributed by atoms with Crippen molar-refractivity contribution in [1.29, 1.82) is 0 Å². The molecule has 0 fully saturated rings. The average molecular weight is 426 g/mol. The molecule has 156 valence electrons. The molecule has 0 N–H and O–H groups in total.